The second kappa shape index (κ2) is 14.7. The van der Waals surface area contributed by atoms with Gasteiger partial charge in [-0.05, 0) is 42.2 Å². The normalized spacial score (nSPS) is 18.9. The standard InChI is InChI=1S/C28H32N4O6S/c33-17-19-6-8-20(9-7-19)24-16-23(18-39-28-29-14-3-15-30-28)37-27(38-24)21-10-12-22(13-11-21)31-25(34)4-1-2-5-26(35)32-36/h3,6-15,23-24,27,33,36H,1-2,4-5,16-18H2,(H,31,34)(H,32,35). The summed E-state index contributed by atoms with van der Waals surface area (Å²) in [5.74, 6) is 0.0455. The first-order chi connectivity index (χ1) is 19.0. The van der Waals surface area contributed by atoms with Gasteiger partial charge in [0.1, 0.15) is 0 Å². The molecule has 4 rings (SSSR count). The van der Waals surface area contributed by atoms with Crippen molar-refractivity contribution in [1.82, 2.24) is 15.4 Å². The Kier molecular flexibility index (Phi) is 10.8. The first kappa shape index (κ1) is 28.7. The second-order valence-corrected chi connectivity index (χ2v) is 10.1. The second-order valence-electron chi connectivity index (χ2n) is 9.10. The van der Waals surface area contributed by atoms with Gasteiger partial charge in [-0.15, -0.1) is 0 Å². The number of benzene rings is 2. The Morgan fingerprint density at radius 1 is 0.923 bits per heavy atom. The molecule has 1 aliphatic rings. The summed E-state index contributed by atoms with van der Waals surface area (Å²) in [6, 6.07) is 16.9. The van der Waals surface area contributed by atoms with Gasteiger partial charge in [0.2, 0.25) is 11.8 Å². The third kappa shape index (κ3) is 8.84. The van der Waals surface area contributed by atoms with Crippen LogP contribution < -0.4 is 10.8 Å². The van der Waals surface area contributed by atoms with Crippen LogP contribution in [-0.4, -0.2) is 44.0 Å². The van der Waals surface area contributed by atoms with E-state index in [1.165, 1.54) is 11.8 Å². The number of unbranched alkanes of at least 4 members (excludes halogenated alkanes) is 1. The molecular weight excluding hydrogens is 520 g/mol. The number of thioether (sulfide) groups is 1. The van der Waals surface area contributed by atoms with Gasteiger partial charge in [-0.3, -0.25) is 14.8 Å². The Morgan fingerprint density at radius 3 is 2.26 bits per heavy atom. The molecule has 2 amide bonds. The Hall–Kier alpha value is -3.35. The number of hydrogen-bond acceptors (Lipinski definition) is 9. The minimum Gasteiger partial charge on any atom is -0.392 e. The van der Waals surface area contributed by atoms with Gasteiger partial charge in [0.25, 0.3) is 0 Å². The highest BCUT2D eigenvalue weighted by atomic mass is 32.2. The third-order valence-electron chi connectivity index (χ3n) is 6.20. The van der Waals surface area contributed by atoms with Crippen LogP contribution in [0.4, 0.5) is 5.69 Å². The number of hydrogen-bond donors (Lipinski definition) is 4. The van der Waals surface area contributed by atoms with Crippen LogP contribution in [0.2, 0.25) is 0 Å². The maximum absolute atomic E-state index is 12.3. The molecular formula is C28H32N4O6S. The van der Waals surface area contributed by atoms with Crippen LogP contribution in [0, 0.1) is 0 Å². The van der Waals surface area contributed by atoms with Crippen molar-refractivity contribution in [3.05, 3.63) is 83.7 Å². The maximum atomic E-state index is 12.3. The van der Waals surface area contributed by atoms with Crippen molar-refractivity contribution in [3.63, 3.8) is 0 Å². The van der Waals surface area contributed by atoms with Crippen LogP contribution in [0.3, 0.4) is 0 Å². The zero-order valence-corrected chi connectivity index (χ0v) is 22.2. The molecule has 2 heterocycles. The molecule has 3 aromatic rings. The van der Waals surface area contributed by atoms with E-state index < -0.39 is 12.2 Å². The average Bonchev–Trinajstić information content (AvgIpc) is 2.99. The summed E-state index contributed by atoms with van der Waals surface area (Å²) in [5.41, 5.74) is 4.90. The van der Waals surface area contributed by atoms with E-state index in [2.05, 4.69) is 15.3 Å². The summed E-state index contributed by atoms with van der Waals surface area (Å²) in [4.78, 5) is 31.9. The fourth-order valence-corrected chi connectivity index (χ4v) is 4.94. The molecule has 1 aliphatic heterocycles. The molecule has 3 atom stereocenters. The van der Waals surface area contributed by atoms with Gasteiger partial charge in [-0.25, -0.2) is 15.4 Å². The van der Waals surface area contributed by atoms with E-state index in [1.807, 2.05) is 36.4 Å². The van der Waals surface area contributed by atoms with Crippen molar-refractivity contribution >= 4 is 29.3 Å². The number of nitrogens with one attached hydrogen (secondary N) is 2. The largest absolute Gasteiger partial charge is 0.392 e. The molecule has 3 unspecified atom stereocenters. The van der Waals surface area contributed by atoms with Crippen molar-refractivity contribution in [2.45, 2.75) is 62.4 Å². The number of aromatic nitrogens is 2. The van der Waals surface area contributed by atoms with Crippen LogP contribution in [0.25, 0.3) is 0 Å². The van der Waals surface area contributed by atoms with E-state index in [1.54, 1.807) is 36.1 Å². The zero-order chi connectivity index (χ0) is 27.5. The Morgan fingerprint density at radius 2 is 1.59 bits per heavy atom. The van der Waals surface area contributed by atoms with Crippen LogP contribution in [0.5, 0.6) is 0 Å². The molecule has 0 radical (unpaired) electrons. The minimum atomic E-state index is -0.606. The van der Waals surface area contributed by atoms with E-state index in [4.69, 9.17) is 14.7 Å². The molecule has 206 valence electrons. The first-order valence-electron chi connectivity index (χ1n) is 12.8. The van der Waals surface area contributed by atoms with Crippen molar-refractivity contribution in [1.29, 1.82) is 0 Å². The highest BCUT2D eigenvalue weighted by Gasteiger charge is 2.32. The molecule has 0 aliphatic carbocycles. The molecule has 0 spiro atoms. The van der Waals surface area contributed by atoms with Crippen LogP contribution in [0.15, 0.2) is 72.1 Å². The maximum Gasteiger partial charge on any atom is 0.243 e. The Bertz CT molecular complexity index is 1200. The molecule has 1 saturated heterocycles. The number of carbonyl (C=O) groups excluding carboxylic acids is 2. The molecule has 4 N–H and O–H groups in total. The highest BCUT2D eigenvalue weighted by Crippen LogP contribution is 2.39. The van der Waals surface area contributed by atoms with Crippen LogP contribution in [-0.2, 0) is 25.7 Å². The lowest BCUT2D eigenvalue weighted by atomic mass is 10.0. The number of anilines is 1. The van der Waals surface area contributed by atoms with E-state index in [9.17, 15) is 14.7 Å². The van der Waals surface area contributed by atoms with Crippen LogP contribution >= 0.6 is 11.8 Å². The number of rotatable bonds is 12. The molecule has 10 nitrogen and oxygen atoms in total. The number of aliphatic hydroxyl groups excluding tert-OH is 1. The Labute approximate surface area is 231 Å². The number of carbonyl (C=O) groups is 2. The summed E-state index contributed by atoms with van der Waals surface area (Å²) in [5, 5.41) is 21.5. The van der Waals surface area contributed by atoms with Gasteiger partial charge in [0.05, 0.1) is 18.8 Å². The van der Waals surface area contributed by atoms with Crippen molar-refractivity contribution < 1.29 is 29.4 Å². The summed E-state index contributed by atoms with van der Waals surface area (Å²) < 4.78 is 12.7. The number of nitrogens with zero attached hydrogens (tertiary/aromatic N) is 2. The monoisotopic (exact) mass is 552 g/mol. The van der Waals surface area contributed by atoms with Crippen molar-refractivity contribution in [2.24, 2.45) is 0 Å². The average molecular weight is 553 g/mol. The minimum absolute atomic E-state index is 0.0162. The van der Waals surface area contributed by atoms with E-state index in [0.717, 1.165) is 16.7 Å². The van der Waals surface area contributed by atoms with E-state index in [0.29, 0.717) is 35.9 Å². The van der Waals surface area contributed by atoms with Crippen LogP contribution in [0.1, 0.15) is 61.2 Å². The highest BCUT2D eigenvalue weighted by molar-refractivity contribution is 7.99. The SMILES string of the molecule is O=C(CCCCC(=O)Nc1ccc(C2OC(CSc3ncccn3)CC(c3ccc(CO)cc3)O2)cc1)NO. The number of amides is 2. The van der Waals surface area contributed by atoms with E-state index >= 15 is 0 Å². The Balaban J connectivity index is 1.39. The summed E-state index contributed by atoms with van der Waals surface area (Å²) in [6.07, 6.45) is 4.65. The quantitative estimate of drug-likeness (QED) is 0.0850. The van der Waals surface area contributed by atoms with E-state index in [-0.39, 0.29) is 37.6 Å². The third-order valence-corrected chi connectivity index (χ3v) is 7.21. The fourth-order valence-electron chi connectivity index (χ4n) is 4.12. The van der Waals surface area contributed by atoms with Gasteiger partial charge in [0, 0.05) is 48.7 Å². The molecule has 1 fully saturated rings. The predicted octanol–water partition coefficient (Wildman–Crippen LogP) is 4.31. The van der Waals surface area contributed by atoms with Crippen molar-refractivity contribution in [3.8, 4) is 0 Å². The molecule has 39 heavy (non-hydrogen) atoms. The van der Waals surface area contributed by atoms with Gasteiger partial charge < -0.3 is 19.9 Å². The van der Waals surface area contributed by atoms with Gasteiger partial charge in [-0.2, -0.15) is 0 Å². The van der Waals surface area contributed by atoms with Crippen molar-refractivity contribution in [2.75, 3.05) is 11.1 Å². The lowest BCUT2D eigenvalue weighted by Gasteiger charge is -2.36. The molecule has 0 bridgehead atoms. The fraction of sp³-hybridized carbons (Fsp3) is 0.357. The lowest BCUT2D eigenvalue weighted by molar-refractivity contribution is -0.245. The van der Waals surface area contributed by atoms with Gasteiger partial charge in [-0.1, -0.05) is 48.2 Å². The number of ether oxygens (including phenoxy) is 2. The summed E-state index contributed by atoms with van der Waals surface area (Å²) >= 11 is 1.53. The van der Waals surface area contributed by atoms with Gasteiger partial charge in [0.15, 0.2) is 11.4 Å². The summed E-state index contributed by atoms with van der Waals surface area (Å²) in [6.45, 7) is -0.0162. The molecule has 1 aromatic heterocycles. The number of hydroxylamine groups is 1. The molecule has 0 saturated carbocycles. The van der Waals surface area contributed by atoms with Gasteiger partial charge >= 0.3 is 0 Å². The summed E-state index contributed by atoms with van der Waals surface area (Å²) in [7, 11) is 0. The predicted molar refractivity (Wildman–Crippen MR) is 145 cm³/mol. The first-order valence-corrected chi connectivity index (χ1v) is 13.8. The topological polar surface area (TPSA) is 143 Å². The molecule has 11 heteroatoms. The number of aliphatic hydroxyl groups is 1. The smallest absolute Gasteiger partial charge is 0.243 e. The zero-order valence-electron chi connectivity index (χ0n) is 21.4. The lowest BCUT2D eigenvalue weighted by Crippen LogP contribution is -2.31. The molecule has 2 aromatic carbocycles.